The first-order valence-electron chi connectivity index (χ1n) is 7.21. The second-order valence-electron chi connectivity index (χ2n) is 5.40. The van der Waals surface area contributed by atoms with Gasteiger partial charge in [0.25, 0.3) is 0 Å². The van der Waals surface area contributed by atoms with Gasteiger partial charge in [0.2, 0.25) is 0 Å². The largest absolute Gasteiger partial charge is 0.393 e. The Kier molecular flexibility index (Phi) is 6.32. The number of benzene rings is 1. The van der Waals surface area contributed by atoms with Crippen LogP contribution in [-0.4, -0.2) is 47.9 Å². The number of morpholine rings is 1. The monoisotopic (exact) mass is 346 g/mol. The second kappa shape index (κ2) is 8.02. The zero-order valence-electron chi connectivity index (χ0n) is 12.4. The molecule has 1 fully saturated rings. The fourth-order valence-electron chi connectivity index (χ4n) is 2.45. The molecule has 0 bridgehead atoms. The van der Waals surface area contributed by atoms with Crippen molar-refractivity contribution in [3.8, 4) is 0 Å². The number of rotatable bonds is 4. The molecule has 5 nitrogen and oxygen atoms in total. The van der Waals surface area contributed by atoms with Crippen LogP contribution < -0.4 is 5.32 Å². The first-order chi connectivity index (χ1) is 10.5. The smallest absolute Gasteiger partial charge is 0.318 e. The van der Waals surface area contributed by atoms with Crippen molar-refractivity contribution in [1.29, 1.82) is 0 Å². The summed E-state index contributed by atoms with van der Waals surface area (Å²) in [5, 5.41) is 13.5. The van der Waals surface area contributed by atoms with Crippen LogP contribution in [0.5, 0.6) is 0 Å². The van der Waals surface area contributed by atoms with Gasteiger partial charge < -0.3 is 20.1 Å². The fourth-order valence-corrected chi connectivity index (χ4v) is 2.92. The van der Waals surface area contributed by atoms with Crippen LogP contribution >= 0.6 is 23.2 Å². The highest BCUT2D eigenvalue weighted by molar-refractivity contribution is 6.35. The third-order valence-electron chi connectivity index (χ3n) is 3.55. The van der Waals surface area contributed by atoms with Crippen molar-refractivity contribution < 1.29 is 14.6 Å². The van der Waals surface area contributed by atoms with Crippen molar-refractivity contribution in [3.63, 3.8) is 0 Å². The predicted molar refractivity (Wildman–Crippen MR) is 86.3 cm³/mol. The summed E-state index contributed by atoms with van der Waals surface area (Å²) in [4.78, 5) is 14.1. The van der Waals surface area contributed by atoms with E-state index in [4.69, 9.17) is 27.9 Å². The molecular weight excluding hydrogens is 327 g/mol. The SMILES string of the molecule is C[C@@H](O)C[C@@H]1COCCN1C(=O)NCc1ccc(Cl)cc1Cl. The molecule has 1 aromatic rings. The Labute approximate surface area is 140 Å². The molecule has 0 unspecified atom stereocenters. The van der Waals surface area contributed by atoms with Crippen molar-refractivity contribution in [2.45, 2.75) is 32.0 Å². The highest BCUT2D eigenvalue weighted by atomic mass is 35.5. The van der Waals surface area contributed by atoms with Crippen LogP contribution in [0.1, 0.15) is 18.9 Å². The number of carbonyl (C=O) groups is 1. The third kappa shape index (κ3) is 4.74. The van der Waals surface area contributed by atoms with Gasteiger partial charge >= 0.3 is 6.03 Å². The van der Waals surface area contributed by atoms with E-state index < -0.39 is 6.10 Å². The van der Waals surface area contributed by atoms with Crippen molar-refractivity contribution >= 4 is 29.2 Å². The molecule has 0 spiro atoms. The van der Waals surface area contributed by atoms with E-state index in [2.05, 4.69) is 5.32 Å². The van der Waals surface area contributed by atoms with Crippen molar-refractivity contribution in [1.82, 2.24) is 10.2 Å². The summed E-state index contributed by atoms with van der Waals surface area (Å²) in [7, 11) is 0. The van der Waals surface area contributed by atoms with Gasteiger partial charge in [-0.3, -0.25) is 0 Å². The van der Waals surface area contributed by atoms with Crippen molar-refractivity contribution in [2.75, 3.05) is 19.8 Å². The standard InChI is InChI=1S/C15H20Cl2N2O3/c1-10(20)6-13-9-22-5-4-19(13)15(21)18-8-11-2-3-12(16)7-14(11)17/h2-3,7,10,13,20H,4-6,8-9H2,1H3,(H,18,21)/t10-,13-/m1/s1. The Morgan fingerprint density at radius 1 is 1.55 bits per heavy atom. The summed E-state index contributed by atoms with van der Waals surface area (Å²) in [6.07, 6.45) is 0.0162. The van der Waals surface area contributed by atoms with Crippen molar-refractivity contribution in [2.24, 2.45) is 0 Å². The molecule has 0 aromatic heterocycles. The van der Waals surface area contributed by atoms with Crippen LogP contribution in [0.25, 0.3) is 0 Å². The molecule has 0 saturated carbocycles. The summed E-state index contributed by atoms with van der Waals surface area (Å²) >= 11 is 11.9. The van der Waals surface area contributed by atoms with E-state index >= 15 is 0 Å². The summed E-state index contributed by atoms with van der Waals surface area (Å²) in [5.74, 6) is 0. The number of nitrogens with one attached hydrogen (secondary N) is 1. The lowest BCUT2D eigenvalue weighted by Crippen LogP contribution is -2.53. The molecule has 1 heterocycles. The molecule has 1 aromatic carbocycles. The van der Waals surface area contributed by atoms with Gasteiger partial charge in [0, 0.05) is 23.1 Å². The maximum Gasteiger partial charge on any atom is 0.318 e. The van der Waals surface area contributed by atoms with E-state index in [0.717, 1.165) is 5.56 Å². The van der Waals surface area contributed by atoms with Gasteiger partial charge in [-0.1, -0.05) is 29.3 Å². The number of nitrogens with zero attached hydrogens (tertiary/aromatic N) is 1. The number of hydrogen-bond donors (Lipinski definition) is 2. The van der Waals surface area contributed by atoms with Gasteiger partial charge in [0.05, 0.1) is 25.4 Å². The van der Waals surface area contributed by atoms with Gasteiger partial charge in [-0.05, 0) is 31.0 Å². The van der Waals surface area contributed by atoms with Crippen LogP contribution in [0.4, 0.5) is 4.79 Å². The molecule has 1 saturated heterocycles. The van der Waals surface area contributed by atoms with Gasteiger partial charge in [-0.2, -0.15) is 0 Å². The highest BCUT2D eigenvalue weighted by Gasteiger charge is 2.28. The van der Waals surface area contributed by atoms with Gasteiger partial charge in [-0.25, -0.2) is 4.79 Å². The lowest BCUT2D eigenvalue weighted by Gasteiger charge is -2.36. The van der Waals surface area contributed by atoms with E-state index in [-0.39, 0.29) is 12.1 Å². The minimum Gasteiger partial charge on any atom is -0.393 e. The Morgan fingerprint density at radius 3 is 3.00 bits per heavy atom. The average Bonchev–Trinajstić information content (AvgIpc) is 2.46. The summed E-state index contributed by atoms with van der Waals surface area (Å²) in [5.41, 5.74) is 0.805. The minimum atomic E-state index is -0.479. The average molecular weight is 347 g/mol. The number of amides is 2. The van der Waals surface area contributed by atoms with Gasteiger partial charge in [0.1, 0.15) is 0 Å². The van der Waals surface area contributed by atoms with Crippen LogP contribution in [0, 0.1) is 0 Å². The Balaban J connectivity index is 1.95. The van der Waals surface area contributed by atoms with Gasteiger partial charge in [-0.15, -0.1) is 0 Å². The number of hydrogen-bond acceptors (Lipinski definition) is 3. The minimum absolute atomic E-state index is 0.116. The number of urea groups is 1. The molecule has 0 aliphatic carbocycles. The molecular formula is C15H20Cl2N2O3. The van der Waals surface area contributed by atoms with Crippen molar-refractivity contribution in [3.05, 3.63) is 33.8 Å². The zero-order chi connectivity index (χ0) is 16.1. The number of carbonyl (C=O) groups excluding carboxylic acids is 1. The third-order valence-corrected chi connectivity index (χ3v) is 4.13. The summed E-state index contributed by atoms with van der Waals surface area (Å²) in [6.45, 7) is 3.49. The summed E-state index contributed by atoms with van der Waals surface area (Å²) in [6, 6.07) is 4.88. The molecule has 7 heteroatoms. The first-order valence-corrected chi connectivity index (χ1v) is 7.97. The number of aliphatic hydroxyl groups is 1. The molecule has 2 N–H and O–H groups in total. The lowest BCUT2D eigenvalue weighted by atomic mass is 10.1. The quantitative estimate of drug-likeness (QED) is 0.880. The Hall–Kier alpha value is -1.01. The molecule has 2 atom stereocenters. The predicted octanol–water partition coefficient (Wildman–Crippen LogP) is 2.67. The highest BCUT2D eigenvalue weighted by Crippen LogP contribution is 2.21. The molecule has 0 radical (unpaired) electrons. The van der Waals surface area contributed by atoms with Crippen LogP contribution in [0.3, 0.4) is 0 Å². The topological polar surface area (TPSA) is 61.8 Å². The van der Waals surface area contributed by atoms with Crippen LogP contribution in [0.2, 0.25) is 10.0 Å². The maximum atomic E-state index is 12.4. The Morgan fingerprint density at radius 2 is 2.32 bits per heavy atom. The summed E-state index contributed by atoms with van der Waals surface area (Å²) < 4.78 is 5.39. The van der Waals surface area contributed by atoms with E-state index in [1.807, 2.05) is 0 Å². The molecule has 2 amide bonds. The fraction of sp³-hybridized carbons (Fsp3) is 0.533. The first kappa shape index (κ1) is 17.3. The maximum absolute atomic E-state index is 12.4. The zero-order valence-corrected chi connectivity index (χ0v) is 13.9. The van der Waals surface area contributed by atoms with Crippen LogP contribution in [-0.2, 0) is 11.3 Å². The molecule has 2 rings (SSSR count). The van der Waals surface area contributed by atoms with Gasteiger partial charge in [0.15, 0.2) is 0 Å². The van der Waals surface area contributed by atoms with E-state index in [0.29, 0.717) is 42.8 Å². The molecule has 122 valence electrons. The number of halogens is 2. The molecule has 1 aliphatic rings. The molecule has 22 heavy (non-hydrogen) atoms. The van der Waals surface area contributed by atoms with Crippen LogP contribution in [0.15, 0.2) is 18.2 Å². The number of ether oxygens (including phenoxy) is 1. The second-order valence-corrected chi connectivity index (χ2v) is 6.24. The molecule has 1 aliphatic heterocycles. The normalized spacial score (nSPS) is 19.8. The van der Waals surface area contributed by atoms with E-state index in [9.17, 15) is 9.90 Å². The Bertz CT molecular complexity index is 526. The number of aliphatic hydroxyl groups excluding tert-OH is 1. The van der Waals surface area contributed by atoms with E-state index in [1.165, 1.54) is 0 Å². The lowest BCUT2D eigenvalue weighted by molar-refractivity contribution is -0.00437. The van der Waals surface area contributed by atoms with E-state index in [1.54, 1.807) is 30.0 Å².